The summed E-state index contributed by atoms with van der Waals surface area (Å²) in [6.07, 6.45) is 0.862. The number of hydrogen-bond acceptors (Lipinski definition) is 4. The summed E-state index contributed by atoms with van der Waals surface area (Å²) in [5.74, 6) is -1.69. The van der Waals surface area contributed by atoms with Crippen LogP contribution in [-0.4, -0.2) is 25.8 Å². The SMILES string of the molecule is C=CC(=O)NC(CC)n1c(O)cc(O)c1O. The first kappa shape index (κ1) is 12.0. The first-order chi connectivity index (χ1) is 7.51. The van der Waals surface area contributed by atoms with Crippen molar-refractivity contribution in [3.05, 3.63) is 18.7 Å². The molecule has 4 N–H and O–H groups in total. The van der Waals surface area contributed by atoms with Crippen LogP contribution in [0.1, 0.15) is 19.5 Å². The molecule has 0 saturated heterocycles. The largest absolute Gasteiger partial charge is 0.503 e. The van der Waals surface area contributed by atoms with Gasteiger partial charge < -0.3 is 20.6 Å². The van der Waals surface area contributed by atoms with Crippen molar-refractivity contribution >= 4 is 5.91 Å². The quantitative estimate of drug-likeness (QED) is 0.571. The summed E-state index contributed by atoms with van der Waals surface area (Å²) in [5.41, 5.74) is 0. The number of hydrogen-bond donors (Lipinski definition) is 4. The minimum absolute atomic E-state index is 0.328. The van der Waals surface area contributed by atoms with Gasteiger partial charge in [0.15, 0.2) is 11.6 Å². The molecule has 6 nitrogen and oxygen atoms in total. The summed E-state index contributed by atoms with van der Waals surface area (Å²) >= 11 is 0. The third-order valence-electron chi connectivity index (χ3n) is 2.16. The lowest BCUT2D eigenvalue weighted by Crippen LogP contribution is -2.30. The molecule has 0 aliphatic carbocycles. The number of nitrogens with one attached hydrogen (secondary N) is 1. The number of aromatic nitrogens is 1. The minimum atomic E-state index is -0.647. The maximum Gasteiger partial charge on any atom is 0.244 e. The van der Waals surface area contributed by atoms with Gasteiger partial charge >= 0.3 is 0 Å². The van der Waals surface area contributed by atoms with E-state index in [0.29, 0.717) is 6.42 Å². The summed E-state index contributed by atoms with van der Waals surface area (Å²) in [4.78, 5) is 11.1. The first-order valence-electron chi connectivity index (χ1n) is 4.76. The van der Waals surface area contributed by atoms with Crippen LogP contribution < -0.4 is 5.32 Å². The van der Waals surface area contributed by atoms with E-state index >= 15 is 0 Å². The van der Waals surface area contributed by atoms with Gasteiger partial charge in [0.1, 0.15) is 6.17 Å². The van der Waals surface area contributed by atoms with Crippen molar-refractivity contribution in [3.63, 3.8) is 0 Å². The van der Waals surface area contributed by atoms with Crippen LogP contribution in [0.4, 0.5) is 0 Å². The first-order valence-corrected chi connectivity index (χ1v) is 4.76. The van der Waals surface area contributed by atoms with Crippen molar-refractivity contribution in [3.8, 4) is 17.5 Å². The van der Waals surface area contributed by atoms with E-state index in [2.05, 4.69) is 11.9 Å². The van der Waals surface area contributed by atoms with Crippen molar-refractivity contribution in [2.75, 3.05) is 0 Å². The van der Waals surface area contributed by atoms with E-state index in [1.807, 2.05) is 0 Å². The molecule has 0 bridgehead atoms. The van der Waals surface area contributed by atoms with Gasteiger partial charge in [-0.25, -0.2) is 0 Å². The predicted molar refractivity (Wildman–Crippen MR) is 57.1 cm³/mol. The molecule has 0 aliphatic heterocycles. The standard InChI is InChI=1S/C10H14N2O4/c1-3-7(11-8(14)4-2)12-9(15)5-6(13)10(12)16/h4-5,7,13,15-16H,2-3H2,1H3,(H,11,14). The second kappa shape index (κ2) is 4.61. The summed E-state index contributed by atoms with van der Waals surface area (Å²) in [6, 6.07) is 0.998. The molecule has 1 aromatic rings. The molecule has 0 aromatic carbocycles. The molecule has 1 unspecified atom stereocenters. The van der Waals surface area contributed by atoms with Crippen molar-refractivity contribution in [2.24, 2.45) is 0 Å². The Kier molecular flexibility index (Phi) is 3.44. The molecular formula is C10H14N2O4. The molecule has 0 aliphatic rings. The number of carbonyl (C=O) groups excluding carboxylic acids is 1. The zero-order chi connectivity index (χ0) is 12.3. The van der Waals surface area contributed by atoms with Gasteiger partial charge in [0.2, 0.25) is 11.8 Å². The number of nitrogens with zero attached hydrogens (tertiary/aromatic N) is 1. The van der Waals surface area contributed by atoms with Gasteiger partial charge in [-0.05, 0) is 12.5 Å². The van der Waals surface area contributed by atoms with Crippen LogP contribution in [-0.2, 0) is 4.79 Å². The monoisotopic (exact) mass is 226 g/mol. The van der Waals surface area contributed by atoms with Gasteiger partial charge in [0.05, 0.1) is 0 Å². The number of aromatic hydroxyl groups is 3. The summed E-state index contributed by atoms with van der Waals surface area (Å²) in [7, 11) is 0. The predicted octanol–water partition coefficient (Wildman–Crippen LogP) is 0.816. The average Bonchev–Trinajstić information content (AvgIpc) is 2.50. The molecule has 16 heavy (non-hydrogen) atoms. The van der Waals surface area contributed by atoms with Crippen molar-refractivity contribution in [2.45, 2.75) is 19.5 Å². The summed E-state index contributed by atoms with van der Waals surface area (Å²) < 4.78 is 1.02. The Morgan fingerprint density at radius 2 is 2.25 bits per heavy atom. The van der Waals surface area contributed by atoms with Crippen LogP contribution in [0.2, 0.25) is 0 Å². The van der Waals surface area contributed by atoms with Crippen LogP contribution in [0.3, 0.4) is 0 Å². The van der Waals surface area contributed by atoms with E-state index in [1.165, 1.54) is 0 Å². The van der Waals surface area contributed by atoms with Crippen molar-refractivity contribution in [1.82, 2.24) is 9.88 Å². The van der Waals surface area contributed by atoms with E-state index in [0.717, 1.165) is 16.7 Å². The van der Waals surface area contributed by atoms with Gasteiger partial charge in [-0.15, -0.1) is 0 Å². The molecule has 1 aromatic heterocycles. The molecular weight excluding hydrogens is 212 g/mol. The Balaban J connectivity index is 3.03. The van der Waals surface area contributed by atoms with Gasteiger partial charge in [-0.2, -0.15) is 0 Å². The Hall–Kier alpha value is -2.11. The van der Waals surface area contributed by atoms with Crippen molar-refractivity contribution < 1.29 is 20.1 Å². The van der Waals surface area contributed by atoms with Crippen LogP contribution >= 0.6 is 0 Å². The fourth-order valence-electron chi connectivity index (χ4n) is 1.37. The second-order valence-corrected chi connectivity index (χ2v) is 3.22. The Morgan fingerprint density at radius 1 is 1.62 bits per heavy atom. The lowest BCUT2D eigenvalue weighted by molar-refractivity contribution is -0.117. The average molecular weight is 226 g/mol. The normalized spacial score (nSPS) is 12.1. The van der Waals surface area contributed by atoms with Gasteiger partial charge in [0.25, 0.3) is 0 Å². The number of rotatable bonds is 4. The van der Waals surface area contributed by atoms with Crippen LogP contribution in [0.25, 0.3) is 0 Å². The maximum absolute atomic E-state index is 11.1. The third-order valence-corrected chi connectivity index (χ3v) is 2.16. The summed E-state index contributed by atoms with van der Waals surface area (Å²) in [6.45, 7) is 5.05. The lowest BCUT2D eigenvalue weighted by atomic mass is 10.3. The molecule has 1 rings (SSSR count). The topological polar surface area (TPSA) is 94.7 Å². The molecule has 88 valence electrons. The van der Waals surface area contributed by atoms with E-state index < -0.39 is 23.7 Å². The zero-order valence-corrected chi connectivity index (χ0v) is 8.84. The van der Waals surface area contributed by atoms with Crippen LogP contribution in [0.15, 0.2) is 18.7 Å². The zero-order valence-electron chi connectivity index (χ0n) is 8.84. The van der Waals surface area contributed by atoms with Gasteiger partial charge in [-0.3, -0.25) is 9.36 Å². The highest BCUT2D eigenvalue weighted by Gasteiger charge is 2.20. The Bertz CT molecular complexity index is 411. The Morgan fingerprint density at radius 3 is 2.62 bits per heavy atom. The fourth-order valence-corrected chi connectivity index (χ4v) is 1.37. The molecule has 0 fully saturated rings. The lowest BCUT2D eigenvalue weighted by Gasteiger charge is -2.19. The second-order valence-electron chi connectivity index (χ2n) is 3.22. The molecule has 1 atom stereocenters. The molecule has 1 heterocycles. The fraction of sp³-hybridized carbons (Fsp3) is 0.300. The molecule has 6 heteroatoms. The molecule has 0 spiro atoms. The summed E-state index contributed by atoms with van der Waals surface area (Å²) in [5, 5.41) is 30.6. The van der Waals surface area contributed by atoms with Crippen molar-refractivity contribution in [1.29, 1.82) is 0 Å². The highest BCUT2D eigenvalue weighted by Crippen LogP contribution is 2.36. The van der Waals surface area contributed by atoms with Crippen LogP contribution in [0, 0.1) is 0 Å². The van der Waals surface area contributed by atoms with Crippen LogP contribution in [0.5, 0.6) is 17.5 Å². The Labute approximate surface area is 92.4 Å². The van der Waals surface area contributed by atoms with Gasteiger partial charge in [0, 0.05) is 6.07 Å². The van der Waals surface area contributed by atoms with Gasteiger partial charge in [-0.1, -0.05) is 13.5 Å². The smallest absolute Gasteiger partial charge is 0.244 e. The van der Waals surface area contributed by atoms with E-state index in [9.17, 15) is 20.1 Å². The maximum atomic E-state index is 11.1. The minimum Gasteiger partial charge on any atom is -0.503 e. The van der Waals surface area contributed by atoms with E-state index in [1.54, 1.807) is 6.92 Å². The highest BCUT2D eigenvalue weighted by atomic mass is 16.3. The number of carbonyl (C=O) groups is 1. The molecule has 1 amide bonds. The third kappa shape index (κ3) is 2.10. The number of amides is 1. The van der Waals surface area contributed by atoms with E-state index in [-0.39, 0.29) is 5.88 Å². The molecule has 0 radical (unpaired) electrons. The molecule has 0 saturated carbocycles. The highest BCUT2D eigenvalue weighted by molar-refractivity contribution is 5.86. The van der Waals surface area contributed by atoms with E-state index in [4.69, 9.17) is 0 Å².